The Hall–Kier alpha value is -4.95. The van der Waals surface area contributed by atoms with Crippen molar-refractivity contribution in [2.45, 2.75) is 62.8 Å². The molecule has 4 aromatic rings. The van der Waals surface area contributed by atoms with Gasteiger partial charge in [-0.25, -0.2) is 18.0 Å². The Morgan fingerprint density at radius 1 is 0.940 bits per heavy atom. The van der Waals surface area contributed by atoms with Gasteiger partial charge in [0, 0.05) is 37.7 Å². The van der Waals surface area contributed by atoms with Crippen LogP contribution in [0.25, 0.3) is 22.2 Å². The molecular formula is C36H42N6O7S. The number of H-pyrrole nitrogens is 2. The number of aromatic nitrogens is 2. The summed E-state index contributed by atoms with van der Waals surface area (Å²) in [6.45, 7) is 3.28. The molecule has 0 spiro atoms. The molecule has 6 rings (SSSR count). The van der Waals surface area contributed by atoms with Crippen molar-refractivity contribution >= 4 is 44.7 Å². The van der Waals surface area contributed by atoms with Gasteiger partial charge in [-0.05, 0) is 104 Å². The number of anilines is 1. The number of hydrogen-bond donors (Lipinski definition) is 6. The molecule has 14 heteroatoms. The lowest BCUT2D eigenvalue weighted by Crippen LogP contribution is -2.48. The van der Waals surface area contributed by atoms with E-state index in [1.807, 2.05) is 37.3 Å². The van der Waals surface area contributed by atoms with Crippen LogP contribution in [-0.4, -0.2) is 71.4 Å². The van der Waals surface area contributed by atoms with Crippen LogP contribution in [0.15, 0.2) is 70.4 Å². The number of nitrogens with one attached hydrogen (secondary N) is 5. The molecular weight excluding hydrogens is 660 g/mol. The highest BCUT2D eigenvalue weighted by atomic mass is 32.2. The molecule has 2 heterocycles. The Morgan fingerprint density at radius 2 is 1.68 bits per heavy atom. The van der Waals surface area contributed by atoms with E-state index in [0.717, 1.165) is 35.1 Å². The van der Waals surface area contributed by atoms with Crippen LogP contribution in [0, 0.1) is 18.8 Å². The van der Waals surface area contributed by atoms with Crippen LogP contribution in [0.3, 0.4) is 0 Å². The summed E-state index contributed by atoms with van der Waals surface area (Å²) >= 11 is 0. The lowest BCUT2D eigenvalue weighted by Gasteiger charge is -2.29. The molecule has 3 amide bonds. The van der Waals surface area contributed by atoms with E-state index >= 15 is 0 Å². The lowest BCUT2D eigenvalue weighted by atomic mass is 9.81. The molecule has 0 bridgehead atoms. The predicted octanol–water partition coefficient (Wildman–Crippen LogP) is 4.36. The van der Waals surface area contributed by atoms with Gasteiger partial charge in [0.15, 0.2) is 0 Å². The fourth-order valence-electron chi connectivity index (χ4n) is 6.95. The van der Waals surface area contributed by atoms with Crippen molar-refractivity contribution in [3.63, 3.8) is 0 Å². The van der Waals surface area contributed by atoms with Crippen molar-refractivity contribution < 1.29 is 27.9 Å². The van der Waals surface area contributed by atoms with Gasteiger partial charge in [-0.15, -0.1) is 0 Å². The third kappa shape index (κ3) is 8.08. The summed E-state index contributed by atoms with van der Waals surface area (Å²) in [7, 11) is -3.62. The summed E-state index contributed by atoms with van der Waals surface area (Å²) in [4.78, 5) is 55.7. The normalized spacial score (nSPS) is 18.8. The molecule has 1 aromatic heterocycles. The smallest absolute Gasteiger partial charge is 0.404 e. The van der Waals surface area contributed by atoms with Crippen molar-refractivity contribution in [1.82, 2.24) is 24.9 Å². The summed E-state index contributed by atoms with van der Waals surface area (Å²) in [5.41, 5.74) is 4.43. The Kier molecular flexibility index (Phi) is 10.4. The van der Waals surface area contributed by atoms with Crippen LogP contribution < -0.4 is 21.6 Å². The molecule has 50 heavy (non-hydrogen) atoms. The van der Waals surface area contributed by atoms with Crippen LogP contribution in [0.1, 0.15) is 49.7 Å². The molecule has 2 aliphatic rings. The first-order valence-corrected chi connectivity index (χ1v) is 18.4. The number of aromatic amines is 2. The number of aryl methyl sites for hydroxylation is 1. The van der Waals surface area contributed by atoms with Gasteiger partial charge in [0.25, 0.3) is 0 Å². The van der Waals surface area contributed by atoms with Crippen LogP contribution in [-0.2, 0) is 26.0 Å². The number of rotatable bonds is 11. The maximum absolute atomic E-state index is 13.8. The van der Waals surface area contributed by atoms with Crippen LogP contribution >= 0.6 is 0 Å². The summed E-state index contributed by atoms with van der Waals surface area (Å²) in [6.07, 6.45) is 3.32. The van der Waals surface area contributed by atoms with E-state index in [1.54, 1.807) is 30.3 Å². The maximum Gasteiger partial charge on any atom is 0.404 e. The molecule has 0 radical (unpaired) electrons. The molecule has 1 aliphatic heterocycles. The van der Waals surface area contributed by atoms with Crippen LogP contribution in [0.5, 0.6) is 0 Å². The second-order valence-corrected chi connectivity index (χ2v) is 15.2. The SMILES string of the molecule is Cc1ccc(S(=O)(=O)N2CCCC2)cc1-c1cccc(C[C@H](NC(=O)C2CCC(CNC(=O)O)CC2)C(=O)Nc2ccc3[nH]c(=O)[nH]c3c2)c1. The molecule has 2 fully saturated rings. The number of amides is 3. The average molecular weight is 703 g/mol. The topological polar surface area (TPSA) is 194 Å². The van der Waals surface area contributed by atoms with Gasteiger partial charge in [0.2, 0.25) is 21.8 Å². The van der Waals surface area contributed by atoms with E-state index in [-0.39, 0.29) is 34.7 Å². The number of carboxylic acid groups (broad SMARTS) is 1. The second kappa shape index (κ2) is 14.9. The Bertz CT molecular complexity index is 2060. The summed E-state index contributed by atoms with van der Waals surface area (Å²) < 4.78 is 28.2. The van der Waals surface area contributed by atoms with Gasteiger partial charge >= 0.3 is 11.8 Å². The zero-order valence-corrected chi connectivity index (χ0v) is 28.6. The molecule has 1 saturated carbocycles. The van der Waals surface area contributed by atoms with Crippen LogP contribution in [0.2, 0.25) is 0 Å². The van der Waals surface area contributed by atoms with Gasteiger partial charge in [0.05, 0.1) is 15.9 Å². The quantitative estimate of drug-likeness (QED) is 0.134. The number of sulfonamides is 1. The molecule has 1 atom stereocenters. The van der Waals surface area contributed by atoms with Crippen molar-refractivity contribution in [3.05, 3.63) is 82.3 Å². The van der Waals surface area contributed by atoms with Crippen molar-refractivity contribution in [2.75, 3.05) is 25.0 Å². The van der Waals surface area contributed by atoms with E-state index in [9.17, 15) is 27.6 Å². The standard InChI is InChI=1S/C36H42N6O7S/c1-22-7-13-28(50(48,49)42-15-2-3-16-42)20-29(22)26-6-4-5-24(17-26)18-32(34(44)38-27-12-14-30-31(19-27)41-35(45)40-30)39-33(43)25-10-8-23(9-11-25)21-37-36(46)47/h4-7,12-14,17,19-20,23,25,32,37H,2-3,8-11,15-16,18,21H2,1H3,(H,38,44)(H,39,43)(H,46,47)(H2,40,41,45)/t23?,25?,32-/m0/s1. The first-order chi connectivity index (χ1) is 24.0. The lowest BCUT2D eigenvalue weighted by molar-refractivity contribution is -0.130. The third-order valence-electron chi connectivity index (χ3n) is 9.77. The highest BCUT2D eigenvalue weighted by molar-refractivity contribution is 7.89. The van der Waals surface area contributed by atoms with E-state index in [2.05, 4.69) is 25.9 Å². The number of imidazole rings is 1. The van der Waals surface area contributed by atoms with Gasteiger partial charge in [0.1, 0.15) is 6.04 Å². The zero-order valence-electron chi connectivity index (χ0n) is 27.8. The number of fused-ring (bicyclic) bond motifs is 1. The minimum Gasteiger partial charge on any atom is -0.465 e. The van der Waals surface area contributed by atoms with E-state index in [0.29, 0.717) is 62.0 Å². The third-order valence-corrected chi connectivity index (χ3v) is 11.7. The number of nitrogens with zero attached hydrogens (tertiary/aromatic N) is 1. The molecule has 1 aliphatic carbocycles. The van der Waals surface area contributed by atoms with Gasteiger partial charge in [-0.2, -0.15) is 4.31 Å². The summed E-state index contributed by atoms with van der Waals surface area (Å²) in [5.74, 6) is -0.844. The Morgan fingerprint density at radius 3 is 2.42 bits per heavy atom. The molecule has 3 aromatic carbocycles. The van der Waals surface area contributed by atoms with Gasteiger partial charge < -0.3 is 31.0 Å². The average Bonchev–Trinajstić information content (AvgIpc) is 3.77. The first-order valence-electron chi connectivity index (χ1n) is 17.0. The van der Waals surface area contributed by atoms with Crippen molar-refractivity contribution in [1.29, 1.82) is 0 Å². The van der Waals surface area contributed by atoms with E-state index in [4.69, 9.17) is 5.11 Å². The van der Waals surface area contributed by atoms with E-state index in [1.165, 1.54) is 4.31 Å². The Labute approximate surface area is 289 Å². The number of carbonyl (C=O) groups excluding carboxylic acids is 2. The number of carbonyl (C=O) groups is 3. The first kappa shape index (κ1) is 34.9. The van der Waals surface area contributed by atoms with Gasteiger partial charge in [-0.1, -0.05) is 30.3 Å². The minimum absolute atomic E-state index is 0.152. The summed E-state index contributed by atoms with van der Waals surface area (Å²) in [5, 5.41) is 17.2. The van der Waals surface area contributed by atoms with Crippen molar-refractivity contribution in [2.24, 2.45) is 11.8 Å². The number of benzene rings is 3. The molecule has 1 saturated heterocycles. The fourth-order valence-corrected chi connectivity index (χ4v) is 8.49. The molecule has 264 valence electrons. The predicted molar refractivity (Wildman–Crippen MR) is 189 cm³/mol. The van der Waals surface area contributed by atoms with Crippen LogP contribution in [0.4, 0.5) is 10.5 Å². The zero-order chi connectivity index (χ0) is 35.4. The number of hydrogen-bond acceptors (Lipinski definition) is 6. The monoisotopic (exact) mass is 702 g/mol. The largest absolute Gasteiger partial charge is 0.465 e. The fraction of sp³-hybridized carbons (Fsp3) is 0.389. The highest BCUT2D eigenvalue weighted by Crippen LogP contribution is 2.31. The minimum atomic E-state index is -3.62. The highest BCUT2D eigenvalue weighted by Gasteiger charge is 2.31. The summed E-state index contributed by atoms with van der Waals surface area (Å²) in [6, 6.07) is 16.7. The maximum atomic E-state index is 13.8. The van der Waals surface area contributed by atoms with E-state index < -0.39 is 28.1 Å². The Balaban J connectivity index is 1.23. The molecule has 0 unspecified atom stereocenters. The van der Waals surface area contributed by atoms with Gasteiger partial charge in [-0.3, -0.25) is 9.59 Å². The van der Waals surface area contributed by atoms with Crippen molar-refractivity contribution in [3.8, 4) is 11.1 Å². The molecule has 13 nitrogen and oxygen atoms in total. The molecule has 6 N–H and O–H groups in total. The second-order valence-electron chi connectivity index (χ2n) is 13.3.